The van der Waals surface area contributed by atoms with Gasteiger partial charge in [0.15, 0.2) is 11.0 Å². The fourth-order valence-corrected chi connectivity index (χ4v) is 8.27. The molecule has 6 atom stereocenters. The summed E-state index contributed by atoms with van der Waals surface area (Å²) >= 11 is 12.6. The highest BCUT2D eigenvalue weighted by Gasteiger charge is 2.72. The molecular formula is C30H36Cl2FN5O4. The molecule has 1 aliphatic carbocycles. The number of rotatable bonds is 4. The van der Waals surface area contributed by atoms with Gasteiger partial charge in [-0.25, -0.2) is 9.37 Å². The van der Waals surface area contributed by atoms with Crippen molar-refractivity contribution in [3.63, 3.8) is 0 Å². The Kier molecular flexibility index (Phi) is 7.46. The molecule has 2 aromatic rings. The third-order valence-electron chi connectivity index (χ3n) is 10.1. The van der Waals surface area contributed by atoms with E-state index in [1.165, 1.54) is 6.20 Å². The lowest BCUT2D eigenvalue weighted by atomic mass is 9.53. The van der Waals surface area contributed by atoms with Gasteiger partial charge in [-0.2, -0.15) is 0 Å². The van der Waals surface area contributed by atoms with Crippen molar-refractivity contribution < 1.29 is 23.8 Å². The van der Waals surface area contributed by atoms with Crippen LogP contribution in [0.15, 0.2) is 30.5 Å². The maximum absolute atomic E-state index is 16.0. The summed E-state index contributed by atoms with van der Waals surface area (Å²) in [5, 5.41) is 22.2. The first-order valence-corrected chi connectivity index (χ1v) is 15.2. The molecule has 1 aromatic heterocycles. The molecule has 2 spiro atoms. The van der Waals surface area contributed by atoms with Gasteiger partial charge in [-0.1, -0.05) is 43.1 Å². The minimum Gasteiger partial charge on any atom is -0.373 e. The number of aromatic nitrogens is 1. The van der Waals surface area contributed by atoms with Gasteiger partial charge in [-0.05, 0) is 73.3 Å². The van der Waals surface area contributed by atoms with Gasteiger partial charge in [-0.3, -0.25) is 14.9 Å². The molecule has 0 bridgehead atoms. The standard InChI is InChI=1S/C30H36Cl2FN5O4/c1-28(2)8-10-29(11-9-28)30(18-5-3-15(31)13-19(18)37-27(30)41)21(17-7-12-35-24(32)22(17)33)23(38-29)26(40)36-16-4-6-20(25(34)39)42-14-16/h3,5,7,12-13,16,20-21,23,27,37-38,41H,4,6,8-11,14H2,1-2H3,(H2,34,39)(H,36,40)/t16-,20+,21+,23-,27?,30-/m1/s1. The molecule has 2 saturated heterocycles. The van der Waals surface area contributed by atoms with E-state index in [4.69, 9.17) is 33.7 Å². The molecule has 2 amide bonds. The number of fused-ring (bicyclic) bond motifs is 3. The van der Waals surface area contributed by atoms with Crippen LogP contribution in [0.1, 0.15) is 69.4 Å². The van der Waals surface area contributed by atoms with E-state index in [9.17, 15) is 14.7 Å². The topological polar surface area (TPSA) is 139 Å². The molecule has 3 aliphatic heterocycles. The fourth-order valence-electron chi connectivity index (χ4n) is 7.93. The van der Waals surface area contributed by atoms with E-state index >= 15 is 4.39 Å². The second-order valence-electron chi connectivity index (χ2n) is 13.0. The van der Waals surface area contributed by atoms with Crippen LogP contribution in [0.2, 0.25) is 10.2 Å². The summed E-state index contributed by atoms with van der Waals surface area (Å²) in [6.45, 7) is 4.55. The Morgan fingerprint density at radius 1 is 1.17 bits per heavy atom. The van der Waals surface area contributed by atoms with Gasteiger partial charge >= 0.3 is 0 Å². The molecule has 1 unspecified atom stereocenters. The number of nitrogens with one attached hydrogen (secondary N) is 3. The number of halogens is 3. The van der Waals surface area contributed by atoms with Gasteiger partial charge in [0, 0.05) is 28.4 Å². The van der Waals surface area contributed by atoms with Gasteiger partial charge in [0.1, 0.15) is 12.3 Å². The lowest BCUT2D eigenvalue weighted by Crippen LogP contribution is -2.63. The molecule has 9 nitrogen and oxygen atoms in total. The fraction of sp³-hybridized carbons (Fsp3) is 0.567. The maximum atomic E-state index is 16.0. The molecule has 6 N–H and O–H groups in total. The zero-order valence-corrected chi connectivity index (χ0v) is 25.1. The molecule has 1 aromatic carbocycles. The number of benzene rings is 1. The molecule has 4 heterocycles. The Labute approximate surface area is 254 Å². The zero-order valence-electron chi connectivity index (χ0n) is 23.6. The van der Waals surface area contributed by atoms with Crippen molar-refractivity contribution >= 4 is 40.7 Å². The number of carbonyl (C=O) groups is 2. The van der Waals surface area contributed by atoms with Crippen LogP contribution in [-0.4, -0.2) is 58.5 Å². The molecule has 0 radical (unpaired) electrons. The Hall–Kier alpha value is -2.50. The summed E-state index contributed by atoms with van der Waals surface area (Å²) in [6.07, 6.45) is 3.42. The zero-order chi connectivity index (χ0) is 30.0. The number of nitrogens with zero attached hydrogens (tertiary/aromatic N) is 1. The van der Waals surface area contributed by atoms with Gasteiger partial charge in [0.2, 0.25) is 11.8 Å². The quantitative estimate of drug-likeness (QED) is 0.328. The second-order valence-corrected chi connectivity index (χ2v) is 13.8. The van der Waals surface area contributed by atoms with E-state index in [0.717, 1.165) is 18.4 Å². The summed E-state index contributed by atoms with van der Waals surface area (Å²) in [7, 11) is 0. The molecule has 226 valence electrons. The molecule has 3 fully saturated rings. The minimum absolute atomic E-state index is 0.0609. The highest BCUT2D eigenvalue weighted by atomic mass is 35.5. The normalized spacial score (nSPS) is 32.9. The highest BCUT2D eigenvalue weighted by molar-refractivity contribution is 6.31. The molecule has 42 heavy (non-hydrogen) atoms. The van der Waals surface area contributed by atoms with E-state index < -0.39 is 47.0 Å². The predicted octanol–water partition coefficient (Wildman–Crippen LogP) is 3.75. The van der Waals surface area contributed by atoms with Crippen molar-refractivity contribution in [3.05, 3.63) is 57.6 Å². The van der Waals surface area contributed by atoms with Crippen LogP contribution in [-0.2, 0) is 19.7 Å². The van der Waals surface area contributed by atoms with E-state index in [-0.39, 0.29) is 34.7 Å². The van der Waals surface area contributed by atoms with Gasteiger partial charge in [-0.15, -0.1) is 0 Å². The van der Waals surface area contributed by atoms with Crippen molar-refractivity contribution in [2.45, 2.75) is 93.7 Å². The van der Waals surface area contributed by atoms with Crippen molar-refractivity contribution in [2.24, 2.45) is 11.1 Å². The Bertz CT molecular complexity index is 1410. The average molecular weight is 621 g/mol. The van der Waals surface area contributed by atoms with Crippen LogP contribution in [0.5, 0.6) is 0 Å². The number of pyridine rings is 1. The number of primary amides is 1. The van der Waals surface area contributed by atoms with Crippen molar-refractivity contribution in [1.82, 2.24) is 15.6 Å². The van der Waals surface area contributed by atoms with E-state index in [1.54, 1.807) is 18.2 Å². The van der Waals surface area contributed by atoms with Crippen LogP contribution < -0.4 is 21.7 Å². The Morgan fingerprint density at radius 3 is 2.57 bits per heavy atom. The number of anilines is 1. The summed E-state index contributed by atoms with van der Waals surface area (Å²) in [6, 6.07) is 5.63. The summed E-state index contributed by atoms with van der Waals surface area (Å²) < 4.78 is 21.6. The SMILES string of the molecule is CC1(C)CCC2(CC1)N[C@@H](C(=O)N[C@@H]1CC[C@@H](C(N)=O)OC1)[C@H](c1ccnc(Cl)c1F)[C@@]21c2ccc(Cl)cc2NC1O. The molecule has 1 saturated carbocycles. The van der Waals surface area contributed by atoms with Gasteiger partial charge in [0.25, 0.3) is 0 Å². The van der Waals surface area contributed by atoms with Crippen LogP contribution in [0.4, 0.5) is 10.1 Å². The van der Waals surface area contributed by atoms with Crippen LogP contribution >= 0.6 is 23.2 Å². The largest absolute Gasteiger partial charge is 0.373 e. The van der Waals surface area contributed by atoms with Crippen molar-refractivity contribution in [3.8, 4) is 0 Å². The minimum atomic E-state index is -1.16. The number of aliphatic hydroxyl groups excluding tert-OH is 1. The highest BCUT2D eigenvalue weighted by Crippen LogP contribution is 2.65. The Morgan fingerprint density at radius 2 is 1.90 bits per heavy atom. The van der Waals surface area contributed by atoms with E-state index in [2.05, 4.69) is 34.8 Å². The summed E-state index contributed by atoms with van der Waals surface area (Å²) in [5.74, 6) is -2.48. The van der Waals surface area contributed by atoms with Crippen LogP contribution in [0.25, 0.3) is 0 Å². The first kappa shape index (κ1) is 29.6. The van der Waals surface area contributed by atoms with Crippen LogP contribution in [0.3, 0.4) is 0 Å². The van der Waals surface area contributed by atoms with Crippen molar-refractivity contribution in [1.29, 1.82) is 0 Å². The summed E-state index contributed by atoms with van der Waals surface area (Å²) in [5.41, 5.74) is 5.14. The van der Waals surface area contributed by atoms with E-state index in [0.29, 0.717) is 36.4 Å². The van der Waals surface area contributed by atoms with Gasteiger partial charge < -0.3 is 26.2 Å². The molecule has 4 aliphatic rings. The summed E-state index contributed by atoms with van der Waals surface area (Å²) in [4.78, 5) is 29.8. The molecule has 6 rings (SSSR count). The lowest BCUT2D eigenvalue weighted by Gasteiger charge is -2.52. The maximum Gasteiger partial charge on any atom is 0.246 e. The monoisotopic (exact) mass is 619 g/mol. The number of hydrogen-bond acceptors (Lipinski definition) is 7. The third kappa shape index (κ3) is 4.57. The predicted molar refractivity (Wildman–Crippen MR) is 157 cm³/mol. The number of hydrogen-bond donors (Lipinski definition) is 5. The van der Waals surface area contributed by atoms with Gasteiger partial charge in [0.05, 0.1) is 24.1 Å². The lowest BCUT2D eigenvalue weighted by molar-refractivity contribution is -0.134. The number of aliphatic hydroxyl groups is 1. The smallest absolute Gasteiger partial charge is 0.246 e. The van der Waals surface area contributed by atoms with E-state index in [1.807, 2.05) is 6.07 Å². The van der Waals surface area contributed by atoms with Crippen LogP contribution in [0, 0.1) is 11.2 Å². The number of carbonyl (C=O) groups excluding carboxylic acids is 2. The third-order valence-corrected chi connectivity index (χ3v) is 10.6. The Balaban J connectivity index is 1.49. The average Bonchev–Trinajstić information content (AvgIpc) is 3.40. The number of amides is 2. The van der Waals surface area contributed by atoms with Crippen molar-refractivity contribution in [2.75, 3.05) is 11.9 Å². The number of nitrogens with two attached hydrogens (primary N) is 1. The molecule has 12 heteroatoms. The first-order valence-electron chi connectivity index (χ1n) is 14.4. The molecular weight excluding hydrogens is 584 g/mol. The second kappa shape index (κ2) is 10.6. The number of ether oxygens (including phenoxy) is 1. The first-order chi connectivity index (χ1) is 19.9.